The Bertz CT molecular complexity index is 833. The van der Waals surface area contributed by atoms with Crippen molar-refractivity contribution >= 4 is 18.4 Å². The summed E-state index contributed by atoms with van der Waals surface area (Å²) < 4.78 is 13.0. The molecular weight excluding hydrogens is 361 g/mol. The van der Waals surface area contributed by atoms with E-state index in [1.807, 2.05) is 36.4 Å². The Hall–Kier alpha value is -2.85. The number of nitrogens with zero attached hydrogens (tertiary/aromatic N) is 1. The first-order valence-corrected chi connectivity index (χ1v) is 8.71. The molecule has 2 N–H and O–H groups in total. The fourth-order valence-corrected chi connectivity index (χ4v) is 3.23. The lowest BCUT2D eigenvalue weighted by Gasteiger charge is -2.19. The first-order chi connectivity index (χ1) is 12.8. The van der Waals surface area contributed by atoms with Crippen LogP contribution in [0.1, 0.15) is 28.8 Å². The van der Waals surface area contributed by atoms with E-state index in [-0.39, 0.29) is 30.3 Å². The molecule has 3 aromatic rings. The van der Waals surface area contributed by atoms with Crippen LogP contribution in [0.5, 0.6) is 0 Å². The number of rotatable bonds is 4. The molecule has 1 saturated heterocycles. The highest BCUT2D eigenvalue weighted by atomic mass is 35.5. The van der Waals surface area contributed by atoms with Crippen molar-refractivity contribution < 1.29 is 4.39 Å². The Morgan fingerprint density at radius 2 is 1.19 bits per heavy atom. The molecule has 0 spiro atoms. The summed E-state index contributed by atoms with van der Waals surface area (Å²) in [5.41, 5.74) is 3.39. The first-order valence-electron chi connectivity index (χ1n) is 8.71. The number of halogens is 2. The first kappa shape index (κ1) is 18.9. The lowest BCUT2D eigenvalue weighted by Crippen LogP contribution is -2.25. The quantitative estimate of drug-likeness (QED) is 0.682. The molecule has 2 unspecified atom stereocenters. The van der Waals surface area contributed by atoms with Crippen molar-refractivity contribution in [3.8, 4) is 0 Å². The third-order valence-corrected chi connectivity index (χ3v) is 4.57. The molecule has 1 heterocycles. The maximum Gasteiger partial charge on any atom is 0.192 e. The van der Waals surface area contributed by atoms with Crippen LogP contribution in [0.15, 0.2) is 89.9 Å². The molecule has 27 heavy (non-hydrogen) atoms. The van der Waals surface area contributed by atoms with Gasteiger partial charge in [-0.3, -0.25) is 0 Å². The van der Waals surface area contributed by atoms with E-state index in [0.717, 1.165) is 11.5 Å². The van der Waals surface area contributed by atoms with Crippen LogP contribution in [0.2, 0.25) is 0 Å². The Balaban J connectivity index is 0.00000210. The summed E-state index contributed by atoms with van der Waals surface area (Å²) in [5, 5.41) is 7.00. The van der Waals surface area contributed by atoms with Crippen molar-refractivity contribution in [3.63, 3.8) is 0 Å². The predicted octanol–water partition coefficient (Wildman–Crippen LogP) is 4.78. The average molecular weight is 382 g/mol. The molecule has 1 aliphatic rings. The summed E-state index contributed by atoms with van der Waals surface area (Å²) in [6.45, 7) is 0.499. The zero-order valence-corrected chi connectivity index (χ0v) is 15.5. The van der Waals surface area contributed by atoms with E-state index >= 15 is 0 Å². The van der Waals surface area contributed by atoms with Crippen LogP contribution in [-0.2, 0) is 6.54 Å². The second-order valence-electron chi connectivity index (χ2n) is 6.36. The number of aliphatic imine (C=N–C) groups is 1. The van der Waals surface area contributed by atoms with Crippen molar-refractivity contribution in [2.45, 2.75) is 18.6 Å². The molecule has 0 bridgehead atoms. The smallest absolute Gasteiger partial charge is 0.192 e. The molecular formula is C22H21ClFN3. The van der Waals surface area contributed by atoms with Gasteiger partial charge in [0.1, 0.15) is 5.82 Å². The minimum absolute atomic E-state index is 0. The highest BCUT2D eigenvalue weighted by Crippen LogP contribution is 2.32. The number of nitrogens with one attached hydrogen (secondary N) is 2. The SMILES string of the molecule is Cl.Fc1ccc(CN=C2NC(c3ccccc3)C(c3ccccc3)N2)cc1. The van der Waals surface area contributed by atoms with Crippen LogP contribution >= 0.6 is 12.4 Å². The van der Waals surface area contributed by atoms with E-state index in [2.05, 4.69) is 39.9 Å². The van der Waals surface area contributed by atoms with Gasteiger partial charge in [-0.1, -0.05) is 72.8 Å². The molecule has 138 valence electrons. The number of benzene rings is 3. The third-order valence-electron chi connectivity index (χ3n) is 4.57. The Kier molecular flexibility index (Phi) is 6.09. The fourth-order valence-electron chi connectivity index (χ4n) is 3.23. The maximum atomic E-state index is 13.0. The second kappa shape index (κ2) is 8.69. The van der Waals surface area contributed by atoms with E-state index in [9.17, 15) is 4.39 Å². The standard InChI is InChI=1S/C22H20FN3.ClH/c23-19-13-11-16(12-14-19)15-24-22-25-20(17-7-3-1-4-8-17)21(26-22)18-9-5-2-6-10-18;/h1-14,20-21H,15H2,(H2,24,25,26);1H. The van der Waals surface area contributed by atoms with Crippen LogP contribution in [0.4, 0.5) is 4.39 Å². The lowest BCUT2D eigenvalue weighted by molar-refractivity contribution is 0.554. The molecule has 3 nitrogen and oxygen atoms in total. The van der Waals surface area contributed by atoms with Crippen molar-refractivity contribution in [1.82, 2.24) is 10.6 Å². The van der Waals surface area contributed by atoms with Gasteiger partial charge in [0, 0.05) is 0 Å². The molecule has 0 radical (unpaired) electrons. The van der Waals surface area contributed by atoms with Crippen LogP contribution in [-0.4, -0.2) is 5.96 Å². The molecule has 0 saturated carbocycles. The van der Waals surface area contributed by atoms with Gasteiger partial charge in [0.25, 0.3) is 0 Å². The van der Waals surface area contributed by atoms with Crippen molar-refractivity contribution in [3.05, 3.63) is 107 Å². The maximum absolute atomic E-state index is 13.0. The summed E-state index contributed by atoms with van der Waals surface area (Å²) in [5.74, 6) is 0.531. The topological polar surface area (TPSA) is 36.4 Å². The van der Waals surface area contributed by atoms with E-state index in [1.165, 1.54) is 23.3 Å². The molecule has 5 heteroatoms. The minimum Gasteiger partial charge on any atom is -0.347 e. The molecule has 0 amide bonds. The summed E-state index contributed by atoms with van der Waals surface area (Å²) >= 11 is 0. The van der Waals surface area contributed by atoms with E-state index in [1.54, 1.807) is 12.1 Å². The number of hydrogen-bond donors (Lipinski definition) is 2. The zero-order chi connectivity index (χ0) is 17.8. The number of hydrogen-bond acceptors (Lipinski definition) is 1. The minimum atomic E-state index is -0.230. The summed E-state index contributed by atoms with van der Waals surface area (Å²) in [6.07, 6.45) is 0. The lowest BCUT2D eigenvalue weighted by atomic mass is 9.95. The predicted molar refractivity (Wildman–Crippen MR) is 109 cm³/mol. The van der Waals surface area contributed by atoms with Gasteiger partial charge >= 0.3 is 0 Å². The van der Waals surface area contributed by atoms with Gasteiger partial charge in [0.15, 0.2) is 5.96 Å². The van der Waals surface area contributed by atoms with E-state index in [4.69, 9.17) is 0 Å². The molecule has 2 atom stereocenters. The van der Waals surface area contributed by atoms with Gasteiger partial charge in [0.2, 0.25) is 0 Å². The fraction of sp³-hybridized carbons (Fsp3) is 0.136. The number of guanidine groups is 1. The second-order valence-corrected chi connectivity index (χ2v) is 6.36. The van der Waals surface area contributed by atoms with Crippen LogP contribution in [0.25, 0.3) is 0 Å². The van der Waals surface area contributed by atoms with Gasteiger partial charge in [-0.25, -0.2) is 9.38 Å². The molecule has 4 rings (SSSR count). The van der Waals surface area contributed by atoms with Crippen molar-refractivity contribution in [2.75, 3.05) is 0 Å². The van der Waals surface area contributed by atoms with Crippen molar-refractivity contribution in [1.29, 1.82) is 0 Å². The van der Waals surface area contributed by atoms with Crippen LogP contribution in [0.3, 0.4) is 0 Å². The summed E-state index contributed by atoms with van der Waals surface area (Å²) in [4.78, 5) is 4.65. The average Bonchev–Trinajstić information content (AvgIpc) is 3.13. The monoisotopic (exact) mass is 381 g/mol. The van der Waals surface area contributed by atoms with Gasteiger partial charge in [-0.05, 0) is 28.8 Å². The Morgan fingerprint density at radius 3 is 1.67 bits per heavy atom. The van der Waals surface area contributed by atoms with Gasteiger partial charge in [-0.15, -0.1) is 12.4 Å². The van der Waals surface area contributed by atoms with Crippen LogP contribution < -0.4 is 10.6 Å². The van der Waals surface area contributed by atoms with Gasteiger partial charge < -0.3 is 10.6 Å². The summed E-state index contributed by atoms with van der Waals surface area (Å²) in [7, 11) is 0. The van der Waals surface area contributed by atoms with Crippen molar-refractivity contribution in [2.24, 2.45) is 4.99 Å². The molecule has 1 fully saturated rings. The zero-order valence-electron chi connectivity index (χ0n) is 14.7. The highest BCUT2D eigenvalue weighted by Gasteiger charge is 2.32. The third kappa shape index (κ3) is 4.47. The van der Waals surface area contributed by atoms with E-state index in [0.29, 0.717) is 6.54 Å². The largest absolute Gasteiger partial charge is 0.347 e. The summed E-state index contributed by atoms with van der Waals surface area (Å²) in [6, 6.07) is 27.4. The molecule has 0 aliphatic carbocycles. The molecule has 3 aromatic carbocycles. The highest BCUT2D eigenvalue weighted by molar-refractivity contribution is 5.85. The normalized spacial score (nSPS) is 18.2. The Morgan fingerprint density at radius 1 is 0.704 bits per heavy atom. The molecule has 0 aromatic heterocycles. The van der Waals surface area contributed by atoms with Gasteiger partial charge in [0.05, 0.1) is 18.6 Å². The van der Waals surface area contributed by atoms with Crippen LogP contribution in [0, 0.1) is 5.82 Å². The Labute approximate surface area is 164 Å². The molecule has 1 aliphatic heterocycles. The van der Waals surface area contributed by atoms with E-state index < -0.39 is 0 Å². The van der Waals surface area contributed by atoms with Gasteiger partial charge in [-0.2, -0.15) is 0 Å².